The Hall–Kier alpha value is -1.56. The lowest BCUT2D eigenvalue weighted by Crippen LogP contribution is -2.40. The van der Waals surface area contributed by atoms with Crippen LogP contribution in [0.4, 0.5) is 11.4 Å². The molecule has 0 aliphatic carbocycles. The first-order chi connectivity index (χ1) is 12.0. The number of likely N-dealkylation sites (N-methyl/N-ethyl adjacent to an activating group) is 1. The summed E-state index contributed by atoms with van der Waals surface area (Å²) in [5.41, 5.74) is 9.27. The smallest absolute Gasteiger partial charge is 0.104 e. The minimum atomic E-state index is 0.346. The summed E-state index contributed by atoms with van der Waals surface area (Å²) in [6, 6.07) is 15.3. The summed E-state index contributed by atoms with van der Waals surface area (Å²) in [5, 5.41) is 0. The third kappa shape index (κ3) is 3.84. The Kier molecular flexibility index (Phi) is 5.67. The van der Waals surface area contributed by atoms with Gasteiger partial charge in [0.2, 0.25) is 0 Å². The molecule has 0 spiro atoms. The molecule has 2 N–H and O–H groups in total. The predicted molar refractivity (Wildman–Crippen MR) is 112 cm³/mol. The number of benzene rings is 2. The molecule has 0 saturated heterocycles. The number of hydrogen-bond acceptors (Lipinski definition) is 4. The largest absolute Gasteiger partial charge is 0.389 e. The summed E-state index contributed by atoms with van der Waals surface area (Å²) >= 11 is 7.01. The van der Waals surface area contributed by atoms with Crippen molar-refractivity contribution in [3.63, 3.8) is 0 Å². The van der Waals surface area contributed by atoms with Gasteiger partial charge in [-0.2, -0.15) is 0 Å². The monoisotopic (exact) mass is 371 g/mol. The van der Waals surface area contributed by atoms with Crippen LogP contribution < -0.4 is 10.6 Å². The van der Waals surface area contributed by atoms with E-state index in [-0.39, 0.29) is 0 Å². The molecule has 0 saturated carbocycles. The second kappa shape index (κ2) is 7.77. The molecule has 5 heteroatoms. The van der Waals surface area contributed by atoms with Gasteiger partial charge in [0, 0.05) is 27.9 Å². The molecule has 1 aliphatic rings. The second-order valence-corrected chi connectivity index (χ2v) is 8.12. The Balaban J connectivity index is 2.03. The SMILES string of the molecule is CCCN(C)CC(C)N1c2ccccc2Sc2ccc(C(N)=S)cc21. The first kappa shape index (κ1) is 18.2. The van der Waals surface area contributed by atoms with Gasteiger partial charge >= 0.3 is 0 Å². The van der Waals surface area contributed by atoms with Crippen LogP contribution in [0, 0.1) is 0 Å². The number of nitrogens with two attached hydrogens (primary N) is 1. The van der Waals surface area contributed by atoms with Gasteiger partial charge < -0.3 is 15.5 Å². The molecule has 1 atom stereocenters. The van der Waals surface area contributed by atoms with Crippen molar-refractivity contribution in [2.45, 2.75) is 36.1 Å². The number of hydrogen-bond donors (Lipinski definition) is 1. The average Bonchev–Trinajstić information content (AvgIpc) is 2.59. The van der Waals surface area contributed by atoms with Crippen molar-refractivity contribution >= 4 is 40.3 Å². The van der Waals surface area contributed by atoms with Crippen molar-refractivity contribution in [2.75, 3.05) is 25.0 Å². The summed E-state index contributed by atoms with van der Waals surface area (Å²) < 4.78 is 0. The first-order valence-electron chi connectivity index (χ1n) is 8.69. The molecule has 2 aromatic carbocycles. The number of fused-ring (bicyclic) bond motifs is 2. The van der Waals surface area contributed by atoms with Gasteiger partial charge in [-0.25, -0.2) is 0 Å². The molecule has 3 rings (SSSR count). The summed E-state index contributed by atoms with van der Waals surface area (Å²) in [5.74, 6) is 0. The van der Waals surface area contributed by atoms with Crippen LogP contribution in [0.2, 0.25) is 0 Å². The molecule has 2 aromatic rings. The predicted octanol–water partition coefficient (Wildman–Crippen LogP) is 4.65. The van der Waals surface area contributed by atoms with Crippen molar-refractivity contribution in [3.05, 3.63) is 48.0 Å². The minimum Gasteiger partial charge on any atom is -0.389 e. The molecule has 1 heterocycles. The van der Waals surface area contributed by atoms with Crippen molar-refractivity contribution in [2.24, 2.45) is 5.73 Å². The zero-order chi connectivity index (χ0) is 18.0. The molecule has 0 radical (unpaired) electrons. The van der Waals surface area contributed by atoms with Gasteiger partial charge in [-0.1, -0.05) is 49.1 Å². The van der Waals surface area contributed by atoms with Crippen LogP contribution in [0.1, 0.15) is 25.8 Å². The Morgan fingerprint density at radius 3 is 2.64 bits per heavy atom. The van der Waals surface area contributed by atoms with Crippen LogP contribution in [0.5, 0.6) is 0 Å². The van der Waals surface area contributed by atoms with E-state index in [0.717, 1.165) is 25.1 Å². The highest BCUT2D eigenvalue weighted by Gasteiger charge is 2.27. The lowest BCUT2D eigenvalue weighted by atomic mass is 10.1. The fourth-order valence-electron chi connectivity index (χ4n) is 3.42. The Bertz CT molecular complexity index is 775. The van der Waals surface area contributed by atoms with Crippen molar-refractivity contribution in [3.8, 4) is 0 Å². The Labute approximate surface area is 160 Å². The summed E-state index contributed by atoms with van der Waals surface area (Å²) in [4.78, 5) is 7.83. The zero-order valence-electron chi connectivity index (χ0n) is 15.0. The Morgan fingerprint density at radius 2 is 1.92 bits per heavy atom. The van der Waals surface area contributed by atoms with Gasteiger partial charge in [0.05, 0.1) is 11.4 Å². The molecule has 0 fully saturated rings. The van der Waals surface area contributed by atoms with Gasteiger partial charge in [0.15, 0.2) is 0 Å². The third-order valence-corrected chi connectivity index (χ3v) is 5.84. The van der Waals surface area contributed by atoms with Crippen molar-refractivity contribution in [1.29, 1.82) is 0 Å². The van der Waals surface area contributed by atoms with Gasteiger partial charge in [0.25, 0.3) is 0 Å². The first-order valence-corrected chi connectivity index (χ1v) is 9.92. The molecule has 1 aliphatic heterocycles. The molecule has 25 heavy (non-hydrogen) atoms. The van der Waals surface area contributed by atoms with E-state index in [1.807, 2.05) is 17.8 Å². The Morgan fingerprint density at radius 1 is 1.20 bits per heavy atom. The minimum absolute atomic E-state index is 0.346. The van der Waals surface area contributed by atoms with Gasteiger partial charge in [-0.3, -0.25) is 0 Å². The van der Waals surface area contributed by atoms with Gasteiger partial charge in [-0.15, -0.1) is 0 Å². The van der Waals surface area contributed by atoms with E-state index in [2.05, 4.69) is 67.1 Å². The average molecular weight is 372 g/mol. The number of rotatable bonds is 6. The lowest BCUT2D eigenvalue weighted by Gasteiger charge is -2.39. The molecule has 0 amide bonds. The summed E-state index contributed by atoms with van der Waals surface area (Å²) in [7, 11) is 2.19. The summed E-state index contributed by atoms with van der Waals surface area (Å²) in [6.45, 7) is 6.62. The van der Waals surface area contributed by atoms with E-state index >= 15 is 0 Å². The maximum atomic E-state index is 5.88. The quantitative estimate of drug-likeness (QED) is 0.747. The van der Waals surface area contributed by atoms with E-state index in [1.54, 1.807) is 0 Å². The van der Waals surface area contributed by atoms with Crippen LogP contribution in [-0.2, 0) is 0 Å². The number of para-hydroxylation sites is 1. The maximum absolute atomic E-state index is 5.88. The van der Waals surface area contributed by atoms with E-state index in [1.165, 1.54) is 21.2 Å². The van der Waals surface area contributed by atoms with Gasteiger partial charge in [0.1, 0.15) is 4.99 Å². The lowest BCUT2D eigenvalue weighted by molar-refractivity contribution is 0.316. The van der Waals surface area contributed by atoms with Gasteiger partial charge in [-0.05, 0) is 51.2 Å². The normalized spacial score (nSPS) is 14.2. The van der Waals surface area contributed by atoms with Crippen LogP contribution in [0.15, 0.2) is 52.3 Å². The van der Waals surface area contributed by atoms with E-state index in [0.29, 0.717) is 11.0 Å². The van der Waals surface area contributed by atoms with E-state index in [9.17, 15) is 0 Å². The molecule has 0 aromatic heterocycles. The number of thiocarbonyl (C=S) groups is 1. The van der Waals surface area contributed by atoms with Crippen LogP contribution in [0.3, 0.4) is 0 Å². The molecule has 132 valence electrons. The molecular formula is C20H25N3S2. The molecule has 3 nitrogen and oxygen atoms in total. The zero-order valence-corrected chi connectivity index (χ0v) is 16.7. The van der Waals surface area contributed by atoms with E-state index in [4.69, 9.17) is 18.0 Å². The molecule has 0 bridgehead atoms. The van der Waals surface area contributed by atoms with Crippen LogP contribution >= 0.6 is 24.0 Å². The fraction of sp³-hybridized carbons (Fsp3) is 0.350. The third-order valence-electron chi connectivity index (χ3n) is 4.47. The highest BCUT2D eigenvalue weighted by atomic mass is 32.2. The van der Waals surface area contributed by atoms with Crippen molar-refractivity contribution in [1.82, 2.24) is 4.90 Å². The topological polar surface area (TPSA) is 32.5 Å². The highest BCUT2D eigenvalue weighted by Crippen LogP contribution is 2.49. The van der Waals surface area contributed by atoms with Crippen LogP contribution in [-0.4, -0.2) is 36.1 Å². The maximum Gasteiger partial charge on any atom is 0.104 e. The standard InChI is InChI=1S/C20H25N3S2/c1-4-11-22(3)13-14(2)23-16-7-5-6-8-18(16)25-19-10-9-15(20(21)24)12-17(19)23/h5-10,12,14H,4,11,13H2,1-3H3,(H2,21,24). The highest BCUT2D eigenvalue weighted by molar-refractivity contribution is 7.99. The number of anilines is 2. The number of nitrogens with zero attached hydrogens (tertiary/aromatic N) is 2. The molecule has 1 unspecified atom stereocenters. The molecular weight excluding hydrogens is 346 g/mol. The second-order valence-electron chi connectivity index (χ2n) is 6.60. The van der Waals surface area contributed by atoms with Crippen molar-refractivity contribution < 1.29 is 0 Å². The van der Waals surface area contributed by atoms with Crippen LogP contribution in [0.25, 0.3) is 0 Å². The summed E-state index contributed by atoms with van der Waals surface area (Å²) in [6.07, 6.45) is 1.16. The van der Waals surface area contributed by atoms with E-state index < -0.39 is 0 Å². The fourth-order valence-corrected chi connectivity index (χ4v) is 4.60.